The lowest BCUT2D eigenvalue weighted by molar-refractivity contribution is 0.565. The van der Waals surface area contributed by atoms with Crippen LogP contribution >= 0.6 is 22.7 Å². The minimum Gasteiger partial charge on any atom is -0.325 e. The van der Waals surface area contributed by atoms with Gasteiger partial charge >= 0.3 is 0 Å². The maximum absolute atomic E-state index is 5.53. The molecule has 2 aromatic rings. The molecule has 0 amide bonds. The first kappa shape index (κ1) is 12.6. The summed E-state index contributed by atoms with van der Waals surface area (Å²) < 4.78 is 0. The Kier molecular flexibility index (Phi) is 4.22. The molecule has 17 heavy (non-hydrogen) atoms. The SMILES string of the molecule is Cc1csc(C(C)NCc2csc(CN)n2)n1. The molecule has 6 heteroatoms. The number of nitrogens with one attached hydrogen (secondary N) is 1. The quantitative estimate of drug-likeness (QED) is 0.872. The van der Waals surface area contributed by atoms with Gasteiger partial charge < -0.3 is 11.1 Å². The first-order chi connectivity index (χ1) is 8.19. The molecular weight excluding hydrogens is 252 g/mol. The Morgan fingerprint density at radius 2 is 2.18 bits per heavy atom. The second-order valence-corrected chi connectivity index (χ2v) is 5.70. The van der Waals surface area contributed by atoms with Crippen LogP contribution in [0.3, 0.4) is 0 Å². The molecule has 0 spiro atoms. The molecule has 3 N–H and O–H groups in total. The highest BCUT2D eigenvalue weighted by molar-refractivity contribution is 7.10. The van der Waals surface area contributed by atoms with E-state index in [-0.39, 0.29) is 6.04 Å². The number of aryl methyl sites for hydroxylation is 1. The number of nitrogens with zero attached hydrogens (tertiary/aromatic N) is 2. The highest BCUT2D eigenvalue weighted by Crippen LogP contribution is 2.18. The van der Waals surface area contributed by atoms with E-state index in [0.717, 1.165) is 27.9 Å². The van der Waals surface area contributed by atoms with Crippen molar-refractivity contribution in [1.82, 2.24) is 15.3 Å². The van der Waals surface area contributed by atoms with E-state index in [2.05, 4.69) is 33.0 Å². The second-order valence-electron chi connectivity index (χ2n) is 3.87. The predicted molar refractivity (Wildman–Crippen MR) is 72.1 cm³/mol. The Hall–Kier alpha value is -0.820. The van der Waals surface area contributed by atoms with Crippen molar-refractivity contribution in [3.8, 4) is 0 Å². The van der Waals surface area contributed by atoms with Crippen molar-refractivity contribution in [2.75, 3.05) is 0 Å². The van der Waals surface area contributed by atoms with Gasteiger partial charge in [0.1, 0.15) is 10.0 Å². The summed E-state index contributed by atoms with van der Waals surface area (Å²) >= 11 is 3.30. The lowest BCUT2D eigenvalue weighted by Gasteiger charge is -2.09. The largest absolute Gasteiger partial charge is 0.325 e. The number of thiazole rings is 2. The fourth-order valence-electron chi connectivity index (χ4n) is 1.44. The second kappa shape index (κ2) is 5.68. The Morgan fingerprint density at radius 3 is 2.76 bits per heavy atom. The van der Waals surface area contributed by atoms with E-state index in [9.17, 15) is 0 Å². The fraction of sp³-hybridized carbons (Fsp3) is 0.455. The number of rotatable bonds is 5. The average molecular weight is 268 g/mol. The first-order valence-corrected chi connectivity index (χ1v) is 7.23. The van der Waals surface area contributed by atoms with Crippen LogP contribution in [-0.4, -0.2) is 9.97 Å². The molecule has 0 aliphatic rings. The maximum Gasteiger partial charge on any atom is 0.110 e. The molecule has 0 radical (unpaired) electrons. The zero-order valence-corrected chi connectivity index (χ0v) is 11.6. The van der Waals surface area contributed by atoms with Gasteiger partial charge in [0.25, 0.3) is 0 Å². The monoisotopic (exact) mass is 268 g/mol. The molecule has 2 rings (SSSR count). The van der Waals surface area contributed by atoms with E-state index < -0.39 is 0 Å². The lowest BCUT2D eigenvalue weighted by atomic mass is 10.3. The molecule has 4 nitrogen and oxygen atoms in total. The third kappa shape index (κ3) is 3.32. The summed E-state index contributed by atoms with van der Waals surface area (Å²) in [4.78, 5) is 8.88. The van der Waals surface area contributed by atoms with E-state index in [0.29, 0.717) is 6.54 Å². The predicted octanol–water partition coefficient (Wildman–Crippen LogP) is 2.22. The number of hydrogen-bond donors (Lipinski definition) is 2. The van der Waals surface area contributed by atoms with E-state index in [1.54, 1.807) is 22.7 Å². The molecule has 1 atom stereocenters. The maximum atomic E-state index is 5.53. The summed E-state index contributed by atoms with van der Waals surface area (Å²) in [5.41, 5.74) is 7.66. The Morgan fingerprint density at radius 1 is 1.35 bits per heavy atom. The minimum absolute atomic E-state index is 0.261. The molecule has 0 aliphatic carbocycles. The van der Waals surface area contributed by atoms with Crippen molar-refractivity contribution in [2.45, 2.75) is 33.0 Å². The molecule has 0 saturated heterocycles. The van der Waals surface area contributed by atoms with Gasteiger partial charge in [-0.2, -0.15) is 0 Å². The summed E-state index contributed by atoms with van der Waals surface area (Å²) in [7, 11) is 0. The van der Waals surface area contributed by atoms with Gasteiger partial charge in [0.2, 0.25) is 0 Å². The molecule has 2 aromatic heterocycles. The van der Waals surface area contributed by atoms with Crippen molar-refractivity contribution in [3.63, 3.8) is 0 Å². The van der Waals surface area contributed by atoms with Gasteiger partial charge in [-0.15, -0.1) is 22.7 Å². The van der Waals surface area contributed by atoms with Gasteiger partial charge in [-0.25, -0.2) is 9.97 Å². The van der Waals surface area contributed by atoms with Crippen LogP contribution in [0.2, 0.25) is 0 Å². The smallest absolute Gasteiger partial charge is 0.110 e. The van der Waals surface area contributed by atoms with Gasteiger partial charge in [0.15, 0.2) is 0 Å². The summed E-state index contributed by atoms with van der Waals surface area (Å²) in [6, 6.07) is 0.261. The zero-order valence-electron chi connectivity index (χ0n) is 9.93. The van der Waals surface area contributed by atoms with Crippen molar-refractivity contribution in [3.05, 3.63) is 32.2 Å². The molecule has 92 valence electrons. The van der Waals surface area contributed by atoms with E-state index >= 15 is 0 Å². The first-order valence-electron chi connectivity index (χ1n) is 5.48. The highest BCUT2D eigenvalue weighted by atomic mass is 32.1. The van der Waals surface area contributed by atoms with Crippen LogP contribution in [0, 0.1) is 6.92 Å². The van der Waals surface area contributed by atoms with Crippen LogP contribution in [-0.2, 0) is 13.1 Å². The fourth-order valence-corrected chi connectivity index (χ4v) is 2.94. The molecule has 2 heterocycles. The topological polar surface area (TPSA) is 63.8 Å². The van der Waals surface area contributed by atoms with Crippen molar-refractivity contribution < 1.29 is 0 Å². The van der Waals surface area contributed by atoms with Crippen LogP contribution < -0.4 is 11.1 Å². The summed E-state index contributed by atoms with van der Waals surface area (Å²) in [6.07, 6.45) is 0. The van der Waals surface area contributed by atoms with Gasteiger partial charge in [-0.3, -0.25) is 0 Å². The Labute approximate surface area is 109 Å². The van der Waals surface area contributed by atoms with Crippen molar-refractivity contribution in [1.29, 1.82) is 0 Å². The van der Waals surface area contributed by atoms with Crippen LogP contribution in [0.15, 0.2) is 10.8 Å². The summed E-state index contributed by atoms with van der Waals surface area (Å²) in [6.45, 7) is 5.41. The zero-order chi connectivity index (χ0) is 12.3. The van der Waals surface area contributed by atoms with E-state index in [4.69, 9.17) is 5.73 Å². The molecule has 0 saturated carbocycles. The van der Waals surface area contributed by atoms with Gasteiger partial charge in [0.05, 0.1) is 11.7 Å². The molecule has 1 unspecified atom stereocenters. The van der Waals surface area contributed by atoms with Crippen molar-refractivity contribution in [2.24, 2.45) is 5.73 Å². The molecule has 0 fully saturated rings. The van der Waals surface area contributed by atoms with Crippen LogP contribution in [0.4, 0.5) is 0 Å². The highest BCUT2D eigenvalue weighted by Gasteiger charge is 2.09. The normalized spacial score (nSPS) is 12.9. The van der Waals surface area contributed by atoms with E-state index in [1.165, 1.54) is 0 Å². The van der Waals surface area contributed by atoms with Gasteiger partial charge in [0, 0.05) is 29.5 Å². The summed E-state index contributed by atoms with van der Waals surface area (Å²) in [5.74, 6) is 0. The van der Waals surface area contributed by atoms with E-state index in [1.807, 2.05) is 6.92 Å². The molecule has 0 aliphatic heterocycles. The minimum atomic E-state index is 0.261. The average Bonchev–Trinajstić information content (AvgIpc) is 2.94. The van der Waals surface area contributed by atoms with Crippen LogP contribution in [0.25, 0.3) is 0 Å². The lowest BCUT2D eigenvalue weighted by Crippen LogP contribution is -2.18. The molecule has 0 aromatic carbocycles. The third-order valence-electron chi connectivity index (χ3n) is 2.37. The Bertz CT molecular complexity index is 477. The van der Waals surface area contributed by atoms with Crippen LogP contribution in [0.5, 0.6) is 0 Å². The van der Waals surface area contributed by atoms with Crippen molar-refractivity contribution >= 4 is 22.7 Å². The number of nitrogens with two attached hydrogens (primary N) is 1. The number of aromatic nitrogens is 2. The van der Waals surface area contributed by atoms with Crippen LogP contribution in [0.1, 0.15) is 34.4 Å². The summed E-state index contributed by atoms with van der Waals surface area (Å²) in [5, 5.41) is 9.65. The molecule has 0 bridgehead atoms. The van der Waals surface area contributed by atoms with Gasteiger partial charge in [-0.1, -0.05) is 0 Å². The third-order valence-corrected chi connectivity index (χ3v) is 4.44. The molecular formula is C11H16N4S2. The Balaban J connectivity index is 1.89. The standard InChI is InChI=1S/C11H16N4S2/c1-7-5-17-11(14-7)8(2)13-4-9-6-16-10(3-12)15-9/h5-6,8,13H,3-4,12H2,1-2H3. The van der Waals surface area contributed by atoms with Gasteiger partial charge in [-0.05, 0) is 13.8 Å². The number of hydrogen-bond acceptors (Lipinski definition) is 6.